The molecule has 8 nitrogen and oxygen atoms in total. The van der Waals surface area contributed by atoms with Gasteiger partial charge in [0.1, 0.15) is 9.90 Å². The number of thiophene rings is 1. The van der Waals surface area contributed by atoms with Crippen LogP contribution in [0.4, 0.5) is 0 Å². The normalized spacial score (nSPS) is 18.6. The van der Waals surface area contributed by atoms with E-state index in [1.165, 1.54) is 4.31 Å². The van der Waals surface area contributed by atoms with Crippen LogP contribution in [0.15, 0.2) is 39.5 Å². The third kappa shape index (κ3) is 4.03. The van der Waals surface area contributed by atoms with E-state index in [1.54, 1.807) is 30.7 Å². The van der Waals surface area contributed by atoms with Gasteiger partial charge < -0.3 is 4.52 Å². The first-order valence-electron chi connectivity index (χ1n) is 8.37. The number of nitrogens with zero attached hydrogens (tertiary/aromatic N) is 5. The lowest BCUT2D eigenvalue weighted by molar-refractivity contribution is 0.247. The molecule has 27 heavy (non-hydrogen) atoms. The van der Waals surface area contributed by atoms with Crippen LogP contribution in [0.5, 0.6) is 0 Å². The van der Waals surface area contributed by atoms with Gasteiger partial charge in [-0.25, -0.2) is 13.4 Å². The van der Waals surface area contributed by atoms with Crippen molar-refractivity contribution in [2.24, 2.45) is 5.92 Å². The summed E-state index contributed by atoms with van der Waals surface area (Å²) in [5.41, 5.74) is 0.537. The van der Waals surface area contributed by atoms with Gasteiger partial charge in [-0.1, -0.05) is 16.8 Å². The fourth-order valence-corrected chi connectivity index (χ4v) is 6.27. The minimum atomic E-state index is -3.52. The molecule has 0 saturated carbocycles. The van der Waals surface area contributed by atoms with E-state index in [0.29, 0.717) is 41.3 Å². The molecule has 0 aromatic carbocycles. The number of piperidine rings is 1. The number of sulfonamides is 1. The van der Waals surface area contributed by atoms with Gasteiger partial charge in [0.05, 0.1) is 10.5 Å². The molecular weight excluding hydrogens is 410 g/mol. The van der Waals surface area contributed by atoms with Gasteiger partial charge in [0.15, 0.2) is 0 Å². The van der Waals surface area contributed by atoms with Gasteiger partial charge in [-0.3, -0.25) is 4.98 Å². The van der Waals surface area contributed by atoms with Gasteiger partial charge in [0, 0.05) is 31.9 Å². The number of rotatable bonds is 5. The second kappa shape index (κ2) is 7.63. The van der Waals surface area contributed by atoms with E-state index < -0.39 is 10.0 Å². The monoisotopic (exact) mass is 425 g/mol. The molecule has 11 heteroatoms. The topological polar surface area (TPSA) is 102 Å². The Balaban J connectivity index is 1.46. The first-order valence-corrected chi connectivity index (χ1v) is 11.0. The van der Waals surface area contributed by atoms with E-state index in [2.05, 4.69) is 20.1 Å². The summed E-state index contributed by atoms with van der Waals surface area (Å²) in [7, 11) is -3.52. The minimum Gasteiger partial charge on any atom is -0.339 e. The highest BCUT2D eigenvalue weighted by atomic mass is 35.5. The molecule has 1 aliphatic heterocycles. The largest absolute Gasteiger partial charge is 0.339 e. The summed E-state index contributed by atoms with van der Waals surface area (Å²) in [6.07, 6.45) is 6.91. The molecule has 1 unspecified atom stereocenters. The van der Waals surface area contributed by atoms with E-state index in [4.69, 9.17) is 16.1 Å². The third-order valence-corrected chi connectivity index (χ3v) is 7.91. The van der Waals surface area contributed by atoms with E-state index >= 15 is 0 Å². The van der Waals surface area contributed by atoms with Gasteiger partial charge in [0.25, 0.3) is 10.0 Å². The number of hydrogen-bond donors (Lipinski definition) is 0. The Morgan fingerprint density at radius 1 is 1.33 bits per heavy atom. The summed E-state index contributed by atoms with van der Waals surface area (Å²) in [5, 5.41) is 3.94. The Hall–Kier alpha value is -1.88. The zero-order valence-corrected chi connectivity index (χ0v) is 16.5. The zero-order valence-electron chi connectivity index (χ0n) is 14.2. The second-order valence-electron chi connectivity index (χ2n) is 6.24. The predicted octanol–water partition coefficient (Wildman–Crippen LogP) is 2.88. The van der Waals surface area contributed by atoms with Crippen molar-refractivity contribution in [2.45, 2.75) is 23.5 Å². The van der Waals surface area contributed by atoms with Crippen molar-refractivity contribution in [3.63, 3.8) is 0 Å². The molecule has 3 aromatic heterocycles. The molecule has 0 N–H and O–H groups in total. The van der Waals surface area contributed by atoms with E-state index in [0.717, 1.165) is 24.2 Å². The van der Waals surface area contributed by atoms with E-state index in [9.17, 15) is 8.42 Å². The maximum Gasteiger partial charge on any atom is 0.252 e. The van der Waals surface area contributed by atoms with Gasteiger partial charge in [-0.15, -0.1) is 11.3 Å². The summed E-state index contributed by atoms with van der Waals surface area (Å²) >= 11 is 6.97. The minimum absolute atomic E-state index is 0.110. The Labute approximate surface area is 165 Å². The van der Waals surface area contributed by atoms with Gasteiger partial charge in [-0.2, -0.15) is 9.29 Å². The van der Waals surface area contributed by atoms with Gasteiger partial charge in [-0.05, 0) is 30.9 Å². The zero-order chi connectivity index (χ0) is 18.9. The maximum absolute atomic E-state index is 12.8. The van der Waals surface area contributed by atoms with Crippen molar-refractivity contribution in [2.75, 3.05) is 13.1 Å². The summed E-state index contributed by atoms with van der Waals surface area (Å²) < 4.78 is 33.2. The fraction of sp³-hybridized carbons (Fsp3) is 0.375. The molecular formula is C16H16ClN5O3S2. The quantitative estimate of drug-likeness (QED) is 0.619. The van der Waals surface area contributed by atoms with Crippen molar-refractivity contribution in [1.82, 2.24) is 24.4 Å². The van der Waals surface area contributed by atoms with Crippen LogP contribution >= 0.6 is 22.9 Å². The number of hydrogen-bond acceptors (Lipinski definition) is 8. The predicted molar refractivity (Wildman–Crippen MR) is 99.8 cm³/mol. The second-order valence-corrected chi connectivity index (χ2v) is 10.1. The van der Waals surface area contributed by atoms with Crippen LogP contribution in [0.3, 0.4) is 0 Å². The Bertz CT molecular complexity index is 1020. The van der Waals surface area contributed by atoms with Gasteiger partial charge in [0.2, 0.25) is 11.7 Å². The lowest BCUT2D eigenvalue weighted by Crippen LogP contribution is -2.40. The van der Waals surface area contributed by atoms with E-state index in [1.807, 2.05) is 0 Å². The smallest absolute Gasteiger partial charge is 0.252 e. The molecule has 1 aliphatic rings. The van der Waals surface area contributed by atoms with Crippen LogP contribution in [-0.4, -0.2) is 45.9 Å². The summed E-state index contributed by atoms with van der Waals surface area (Å²) in [5.74, 6) is 0.963. The molecule has 4 heterocycles. The average molecular weight is 426 g/mol. The van der Waals surface area contributed by atoms with Crippen molar-refractivity contribution >= 4 is 33.0 Å². The molecule has 0 spiro atoms. The van der Waals surface area contributed by atoms with Crippen molar-refractivity contribution < 1.29 is 12.9 Å². The van der Waals surface area contributed by atoms with Crippen LogP contribution in [0.1, 0.15) is 18.7 Å². The maximum atomic E-state index is 12.8. The lowest BCUT2D eigenvalue weighted by atomic mass is 9.96. The van der Waals surface area contributed by atoms with Crippen LogP contribution in [0, 0.1) is 5.92 Å². The first kappa shape index (κ1) is 18.5. The summed E-state index contributed by atoms with van der Waals surface area (Å²) in [6.45, 7) is 0.920. The molecule has 1 saturated heterocycles. The van der Waals surface area contributed by atoms with Crippen LogP contribution in [-0.2, 0) is 16.4 Å². The number of aromatic nitrogens is 4. The molecule has 4 rings (SSSR count). The summed E-state index contributed by atoms with van der Waals surface area (Å²) in [4.78, 5) is 12.5. The highest BCUT2D eigenvalue weighted by Crippen LogP contribution is 2.31. The van der Waals surface area contributed by atoms with Crippen LogP contribution in [0.25, 0.3) is 11.5 Å². The van der Waals surface area contributed by atoms with Crippen molar-refractivity contribution in [1.29, 1.82) is 0 Å². The van der Waals surface area contributed by atoms with Crippen molar-refractivity contribution in [3.8, 4) is 11.5 Å². The molecule has 0 amide bonds. The third-order valence-electron chi connectivity index (χ3n) is 4.35. The lowest BCUT2D eigenvalue weighted by Gasteiger charge is -2.30. The first-order chi connectivity index (χ1) is 13.0. The Morgan fingerprint density at radius 2 is 2.22 bits per heavy atom. The van der Waals surface area contributed by atoms with Crippen molar-refractivity contribution in [3.05, 3.63) is 41.0 Å². The Morgan fingerprint density at radius 3 is 2.96 bits per heavy atom. The SMILES string of the molecule is O=S(=O)(c1ccc(Cl)s1)N1CCCC(Cc2nc(-c3cnccn3)no2)C1. The molecule has 1 atom stereocenters. The fourth-order valence-electron chi connectivity index (χ4n) is 3.08. The Kier molecular flexibility index (Phi) is 5.22. The average Bonchev–Trinajstić information content (AvgIpc) is 3.32. The van der Waals surface area contributed by atoms with Gasteiger partial charge >= 0.3 is 0 Å². The standard InChI is InChI=1S/C16H16ClN5O3S2/c17-13-3-4-15(26-13)27(23,24)22-7-1-2-11(10-22)8-14-20-16(21-25-14)12-9-18-5-6-19-12/h3-6,9,11H,1-2,7-8,10H2. The molecule has 0 aliphatic carbocycles. The molecule has 0 bridgehead atoms. The molecule has 1 fully saturated rings. The number of halogens is 1. The molecule has 142 valence electrons. The van der Waals surface area contributed by atoms with Crippen LogP contribution < -0.4 is 0 Å². The van der Waals surface area contributed by atoms with E-state index in [-0.39, 0.29) is 10.1 Å². The summed E-state index contributed by atoms with van der Waals surface area (Å²) in [6, 6.07) is 3.16. The highest BCUT2D eigenvalue weighted by molar-refractivity contribution is 7.91. The molecule has 3 aromatic rings. The highest BCUT2D eigenvalue weighted by Gasteiger charge is 2.32. The molecule has 0 radical (unpaired) electrons. The van der Waals surface area contributed by atoms with Crippen LogP contribution in [0.2, 0.25) is 4.34 Å².